The van der Waals surface area contributed by atoms with E-state index < -0.39 is 0 Å². The van der Waals surface area contributed by atoms with Crippen LogP contribution >= 0.6 is 11.6 Å². The number of likely N-dealkylation sites (tertiary alicyclic amines) is 1. The highest BCUT2D eigenvalue weighted by Gasteiger charge is 2.20. The smallest absolute Gasteiger partial charge is 0.244 e. The second kappa shape index (κ2) is 10.3. The lowest BCUT2D eigenvalue weighted by Gasteiger charge is -2.32. The highest BCUT2D eigenvalue weighted by molar-refractivity contribution is 6.30. The third kappa shape index (κ3) is 5.99. The Morgan fingerprint density at radius 1 is 1.14 bits per heavy atom. The van der Waals surface area contributed by atoms with E-state index in [4.69, 9.17) is 21.1 Å². The Hall–Kier alpha value is -2.50. The molecule has 154 valence electrons. The molecule has 1 fully saturated rings. The predicted molar refractivity (Wildman–Crippen MR) is 116 cm³/mol. The lowest BCUT2D eigenvalue weighted by molar-refractivity contribution is -0.117. The quantitative estimate of drug-likeness (QED) is 0.691. The number of benzene rings is 2. The van der Waals surface area contributed by atoms with Crippen molar-refractivity contribution in [1.82, 2.24) is 10.2 Å². The third-order valence-corrected chi connectivity index (χ3v) is 5.35. The summed E-state index contributed by atoms with van der Waals surface area (Å²) < 4.78 is 10.7. The van der Waals surface area contributed by atoms with Gasteiger partial charge in [-0.2, -0.15) is 0 Å². The molecule has 0 bridgehead atoms. The summed E-state index contributed by atoms with van der Waals surface area (Å²) >= 11 is 5.95. The largest absolute Gasteiger partial charge is 0.493 e. The van der Waals surface area contributed by atoms with Gasteiger partial charge in [0.25, 0.3) is 0 Å². The van der Waals surface area contributed by atoms with Crippen LogP contribution in [0.15, 0.2) is 48.5 Å². The van der Waals surface area contributed by atoms with Gasteiger partial charge in [0.1, 0.15) is 0 Å². The number of hydrogen-bond donors (Lipinski definition) is 1. The number of halogens is 1. The molecule has 5 nitrogen and oxygen atoms in total. The van der Waals surface area contributed by atoms with E-state index in [2.05, 4.69) is 22.3 Å². The van der Waals surface area contributed by atoms with Crippen LogP contribution in [0, 0.1) is 0 Å². The van der Waals surface area contributed by atoms with Crippen LogP contribution in [-0.4, -0.2) is 44.2 Å². The Bertz CT molecular complexity index is 844. The molecule has 0 radical (unpaired) electrons. The molecule has 0 spiro atoms. The van der Waals surface area contributed by atoms with E-state index in [1.165, 1.54) is 5.56 Å². The number of carbonyl (C=O) groups excluding carboxylic acids is 1. The van der Waals surface area contributed by atoms with E-state index in [-0.39, 0.29) is 11.9 Å². The Morgan fingerprint density at radius 3 is 2.52 bits per heavy atom. The maximum absolute atomic E-state index is 12.3. The van der Waals surface area contributed by atoms with Crippen molar-refractivity contribution in [2.45, 2.75) is 25.4 Å². The summed E-state index contributed by atoms with van der Waals surface area (Å²) in [5.74, 6) is 1.17. The van der Waals surface area contributed by atoms with E-state index in [9.17, 15) is 4.79 Å². The van der Waals surface area contributed by atoms with Gasteiger partial charge in [-0.05, 0) is 42.7 Å². The molecule has 1 N–H and O–H groups in total. The van der Waals surface area contributed by atoms with E-state index in [1.54, 1.807) is 26.4 Å². The molecule has 0 aromatic heterocycles. The highest BCUT2D eigenvalue weighted by atomic mass is 35.5. The van der Waals surface area contributed by atoms with Crippen molar-refractivity contribution in [3.63, 3.8) is 0 Å². The summed E-state index contributed by atoms with van der Waals surface area (Å²) in [4.78, 5) is 14.8. The van der Waals surface area contributed by atoms with E-state index in [0.717, 1.165) is 43.1 Å². The summed E-state index contributed by atoms with van der Waals surface area (Å²) in [5.41, 5.74) is 2.06. The summed E-state index contributed by atoms with van der Waals surface area (Å²) in [6.07, 6.45) is 5.19. The second-order valence-corrected chi connectivity index (χ2v) is 7.54. The molecule has 2 aromatic carbocycles. The summed E-state index contributed by atoms with van der Waals surface area (Å²) in [5, 5.41) is 3.86. The number of para-hydroxylation sites is 1. The first kappa shape index (κ1) is 21.2. The lowest BCUT2D eigenvalue weighted by atomic mass is 10.0. The number of rotatable bonds is 7. The molecule has 0 unspecified atom stereocenters. The van der Waals surface area contributed by atoms with Crippen LogP contribution in [0.25, 0.3) is 6.08 Å². The zero-order chi connectivity index (χ0) is 20.6. The van der Waals surface area contributed by atoms with Gasteiger partial charge in [-0.25, -0.2) is 0 Å². The van der Waals surface area contributed by atoms with Crippen molar-refractivity contribution < 1.29 is 14.3 Å². The molecule has 1 aliphatic rings. The SMILES string of the molecule is COc1cccc(/C=C/C(=O)NC2CCN(Cc3ccc(Cl)cc3)CC2)c1OC. The Labute approximate surface area is 177 Å². The maximum atomic E-state index is 12.3. The third-order valence-electron chi connectivity index (χ3n) is 5.10. The molecule has 1 amide bonds. The van der Waals surface area contributed by atoms with Crippen molar-refractivity contribution in [3.8, 4) is 11.5 Å². The van der Waals surface area contributed by atoms with Gasteiger partial charge in [-0.15, -0.1) is 0 Å². The molecular weight excluding hydrogens is 388 g/mol. The first-order chi connectivity index (χ1) is 14.1. The van der Waals surface area contributed by atoms with Crippen LogP contribution in [0.5, 0.6) is 11.5 Å². The van der Waals surface area contributed by atoms with Gasteiger partial charge in [0, 0.05) is 42.3 Å². The van der Waals surface area contributed by atoms with Gasteiger partial charge >= 0.3 is 0 Å². The Morgan fingerprint density at radius 2 is 1.86 bits per heavy atom. The minimum absolute atomic E-state index is 0.0916. The predicted octanol–water partition coefficient (Wildman–Crippen LogP) is 4.15. The Balaban J connectivity index is 1.48. The van der Waals surface area contributed by atoms with Crippen LogP contribution in [0.2, 0.25) is 5.02 Å². The number of methoxy groups -OCH3 is 2. The zero-order valence-corrected chi connectivity index (χ0v) is 17.6. The van der Waals surface area contributed by atoms with E-state index in [0.29, 0.717) is 11.5 Å². The molecule has 1 saturated heterocycles. The van der Waals surface area contributed by atoms with Crippen molar-refractivity contribution in [1.29, 1.82) is 0 Å². The molecule has 1 heterocycles. The average Bonchev–Trinajstić information content (AvgIpc) is 2.74. The lowest BCUT2D eigenvalue weighted by Crippen LogP contribution is -2.43. The molecule has 6 heteroatoms. The molecule has 1 aliphatic heterocycles. The first-order valence-corrected chi connectivity index (χ1v) is 10.1. The molecule has 0 atom stereocenters. The number of ether oxygens (including phenoxy) is 2. The number of nitrogens with zero attached hydrogens (tertiary/aromatic N) is 1. The van der Waals surface area contributed by atoms with Crippen molar-refractivity contribution >= 4 is 23.6 Å². The molecule has 3 rings (SSSR count). The number of carbonyl (C=O) groups is 1. The van der Waals surface area contributed by atoms with Gasteiger partial charge in [0.05, 0.1) is 14.2 Å². The van der Waals surface area contributed by atoms with Gasteiger partial charge in [-0.1, -0.05) is 35.9 Å². The van der Waals surface area contributed by atoms with Crippen LogP contribution in [-0.2, 0) is 11.3 Å². The van der Waals surface area contributed by atoms with Crippen molar-refractivity contribution in [3.05, 3.63) is 64.7 Å². The van der Waals surface area contributed by atoms with Crippen LogP contribution in [0.1, 0.15) is 24.0 Å². The fraction of sp³-hybridized carbons (Fsp3) is 0.348. The average molecular weight is 415 g/mol. The van der Waals surface area contributed by atoms with Crippen molar-refractivity contribution in [2.75, 3.05) is 27.3 Å². The number of amides is 1. The summed E-state index contributed by atoms with van der Waals surface area (Å²) in [7, 11) is 3.18. The topological polar surface area (TPSA) is 50.8 Å². The van der Waals surface area contributed by atoms with Gasteiger partial charge < -0.3 is 14.8 Å². The fourth-order valence-corrected chi connectivity index (χ4v) is 3.67. The minimum Gasteiger partial charge on any atom is -0.493 e. The van der Waals surface area contributed by atoms with Crippen molar-refractivity contribution in [2.24, 2.45) is 0 Å². The maximum Gasteiger partial charge on any atom is 0.244 e. The summed E-state index contributed by atoms with van der Waals surface area (Å²) in [6, 6.07) is 13.8. The van der Waals surface area contributed by atoms with Gasteiger partial charge in [0.2, 0.25) is 5.91 Å². The van der Waals surface area contributed by atoms with E-state index >= 15 is 0 Å². The highest BCUT2D eigenvalue weighted by Crippen LogP contribution is 2.31. The molecule has 0 aliphatic carbocycles. The van der Waals surface area contributed by atoms with Crippen LogP contribution in [0.4, 0.5) is 0 Å². The number of piperidine rings is 1. The normalized spacial score (nSPS) is 15.4. The monoisotopic (exact) mass is 414 g/mol. The van der Waals surface area contributed by atoms with Gasteiger partial charge in [0.15, 0.2) is 11.5 Å². The van der Waals surface area contributed by atoms with Crippen LogP contribution < -0.4 is 14.8 Å². The molecule has 29 heavy (non-hydrogen) atoms. The minimum atomic E-state index is -0.0916. The summed E-state index contributed by atoms with van der Waals surface area (Å²) in [6.45, 7) is 2.83. The van der Waals surface area contributed by atoms with E-state index in [1.807, 2.05) is 30.3 Å². The molecule has 2 aromatic rings. The van der Waals surface area contributed by atoms with Gasteiger partial charge in [-0.3, -0.25) is 9.69 Å². The van der Waals surface area contributed by atoms with Crippen LogP contribution in [0.3, 0.4) is 0 Å². The fourth-order valence-electron chi connectivity index (χ4n) is 3.54. The number of nitrogens with one attached hydrogen (secondary N) is 1. The Kier molecular flexibility index (Phi) is 7.55. The zero-order valence-electron chi connectivity index (χ0n) is 16.9. The molecule has 0 saturated carbocycles. The molecular formula is C23H27ClN2O3. The first-order valence-electron chi connectivity index (χ1n) is 9.75. The standard InChI is InChI=1S/C23H27ClN2O3/c1-28-21-5-3-4-18(23(21)29-2)8-11-22(27)25-20-12-14-26(15-13-20)16-17-6-9-19(24)10-7-17/h3-11,20H,12-16H2,1-2H3,(H,25,27)/b11-8+. The second-order valence-electron chi connectivity index (χ2n) is 7.10. The number of hydrogen-bond acceptors (Lipinski definition) is 4.